The molecule has 0 N–H and O–H groups in total. The number of hydrogen-bond donors (Lipinski definition) is 0. The predicted molar refractivity (Wildman–Crippen MR) is 76.7 cm³/mol. The van der Waals surface area contributed by atoms with Crippen molar-refractivity contribution in [2.24, 2.45) is 0 Å². The minimum Gasteiger partial charge on any atom is -0.467 e. The van der Waals surface area contributed by atoms with Gasteiger partial charge in [-0.25, -0.2) is 4.39 Å². The van der Waals surface area contributed by atoms with Crippen LogP contribution < -0.4 is 4.74 Å². The summed E-state index contributed by atoms with van der Waals surface area (Å²) in [7, 11) is 1.60. The topological polar surface area (TPSA) is 43.2 Å². The highest BCUT2D eigenvalue weighted by molar-refractivity contribution is 5.23. The van der Waals surface area contributed by atoms with E-state index in [1.54, 1.807) is 13.2 Å². The van der Waals surface area contributed by atoms with Crippen LogP contribution in [-0.2, 0) is 19.5 Å². The lowest BCUT2D eigenvalue weighted by Crippen LogP contribution is -2.35. The summed E-state index contributed by atoms with van der Waals surface area (Å²) >= 11 is 0. The third-order valence-corrected chi connectivity index (χ3v) is 3.89. The first-order valence-electron chi connectivity index (χ1n) is 7.11. The lowest BCUT2D eigenvalue weighted by molar-refractivity contribution is 0.210. The molecule has 0 fully saturated rings. The van der Waals surface area contributed by atoms with Gasteiger partial charge in [0.2, 0.25) is 0 Å². The van der Waals surface area contributed by atoms with Gasteiger partial charge in [-0.3, -0.25) is 9.47 Å². The molecule has 0 aliphatic carbocycles. The van der Waals surface area contributed by atoms with Gasteiger partial charge in [-0.05, 0) is 30.5 Å². The molecule has 0 bridgehead atoms. The number of aromatic nitrogens is 3. The van der Waals surface area contributed by atoms with Gasteiger partial charge in [-0.2, -0.15) is 0 Å². The Bertz CT molecular complexity index is 641. The number of rotatable bonds is 4. The first-order valence-corrected chi connectivity index (χ1v) is 7.11. The molecule has 0 spiro atoms. The monoisotopic (exact) mass is 290 g/mol. The third kappa shape index (κ3) is 2.90. The van der Waals surface area contributed by atoms with Gasteiger partial charge in [0.25, 0.3) is 0 Å². The molecule has 0 atom stereocenters. The summed E-state index contributed by atoms with van der Waals surface area (Å²) in [6, 6.07) is 5.98. The molecule has 21 heavy (non-hydrogen) atoms. The van der Waals surface area contributed by atoms with Crippen LogP contribution in [0.3, 0.4) is 0 Å². The van der Waals surface area contributed by atoms with Crippen LogP contribution >= 0.6 is 0 Å². The molecule has 1 aromatic heterocycles. The van der Waals surface area contributed by atoms with Crippen LogP contribution in [0, 0.1) is 12.7 Å². The number of hydrogen-bond acceptors (Lipinski definition) is 4. The number of benzene rings is 1. The summed E-state index contributed by atoms with van der Waals surface area (Å²) < 4.78 is 21.0. The second-order valence-corrected chi connectivity index (χ2v) is 5.38. The van der Waals surface area contributed by atoms with E-state index in [0.717, 1.165) is 43.1 Å². The van der Waals surface area contributed by atoms with Crippen molar-refractivity contribution in [3.05, 3.63) is 41.0 Å². The van der Waals surface area contributed by atoms with Gasteiger partial charge in [0.05, 0.1) is 13.7 Å². The van der Waals surface area contributed by atoms with Crippen LogP contribution in [-0.4, -0.2) is 39.9 Å². The molecule has 1 aromatic carbocycles. The largest absolute Gasteiger partial charge is 0.467 e. The molecule has 5 nitrogen and oxygen atoms in total. The Hall–Kier alpha value is -1.95. The number of ether oxygens (including phenoxy) is 1. The van der Waals surface area contributed by atoms with Crippen LogP contribution in [0.15, 0.2) is 18.2 Å². The Morgan fingerprint density at radius 1 is 1.29 bits per heavy atom. The number of nitrogens with zero attached hydrogens (tertiary/aromatic N) is 4. The molecule has 2 aromatic rings. The van der Waals surface area contributed by atoms with Gasteiger partial charge < -0.3 is 4.74 Å². The van der Waals surface area contributed by atoms with Crippen molar-refractivity contribution < 1.29 is 9.13 Å². The molecule has 0 amide bonds. The van der Waals surface area contributed by atoms with Crippen molar-refractivity contribution in [3.63, 3.8) is 0 Å². The smallest absolute Gasteiger partial charge is 0.316 e. The van der Waals surface area contributed by atoms with Gasteiger partial charge in [-0.1, -0.05) is 17.2 Å². The molecule has 2 heterocycles. The quantitative estimate of drug-likeness (QED) is 0.861. The van der Waals surface area contributed by atoms with E-state index < -0.39 is 0 Å². The number of aryl methyl sites for hydroxylation is 1. The Labute approximate surface area is 123 Å². The van der Waals surface area contributed by atoms with Crippen LogP contribution in [0.2, 0.25) is 0 Å². The van der Waals surface area contributed by atoms with Crippen LogP contribution in [0.1, 0.15) is 17.0 Å². The van der Waals surface area contributed by atoms with Crippen LogP contribution in [0.25, 0.3) is 0 Å². The fraction of sp³-hybridized carbons (Fsp3) is 0.467. The van der Waals surface area contributed by atoms with Gasteiger partial charge in [0.1, 0.15) is 11.6 Å². The summed E-state index contributed by atoms with van der Waals surface area (Å²) in [6.07, 6.45) is 0.706. The summed E-state index contributed by atoms with van der Waals surface area (Å²) in [4.78, 5) is 2.27. The molecule has 1 aliphatic heterocycles. The normalized spacial score (nSPS) is 15.0. The van der Waals surface area contributed by atoms with E-state index >= 15 is 0 Å². The summed E-state index contributed by atoms with van der Waals surface area (Å²) in [5.41, 5.74) is 1.72. The highest BCUT2D eigenvalue weighted by Gasteiger charge is 2.21. The van der Waals surface area contributed by atoms with Gasteiger partial charge in [0.15, 0.2) is 0 Å². The molecule has 0 unspecified atom stereocenters. The molecule has 6 heteroatoms. The third-order valence-electron chi connectivity index (χ3n) is 3.89. The maximum Gasteiger partial charge on any atom is 0.316 e. The second kappa shape index (κ2) is 5.81. The number of halogens is 1. The second-order valence-electron chi connectivity index (χ2n) is 5.38. The van der Waals surface area contributed by atoms with Crippen molar-refractivity contribution in [1.82, 2.24) is 19.7 Å². The molecular weight excluding hydrogens is 271 g/mol. The van der Waals surface area contributed by atoms with Crippen molar-refractivity contribution in [3.8, 4) is 6.01 Å². The summed E-state index contributed by atoms with van der Waals surface area (Å²) in [6.45, 7) is 5.15. The van der Waals surface area contributed by atoms with E-state index in [1.807, 2.05) is 23.6 Å². The lowest BCUT2D eigenvalue weighted by Gasteiger charge is -2.27. The van der Waals surface area contributed by atoms with E-state index in [0.29, 0.717) is 12.4 Å². The van der Waals surface area contributed by atoms with Crippen molar-refractivity contribution >= 4 is 0 Å². The fourth-order valence-corrected chi connectivity index (χ4v) is 2.66. The SMILES string of the molecule is COc1nnc2n1CCN(CCc1ccc(C)cc1F)C2. The van der Waals surface area contributed by atoms with E-state index in [4.69, 9.17) is 4.74 Å². The maximum absolute atomic E-state index is 13.8. The van der Waals surface area contributed by atoms with E-state index in [-0.39, 0.29) is 5.82 Å². The average Bonchev–Trinajstić information content (AvgIpc) is 2.88. The summed E-state index contributed by atoms with van der Waals surface area (Å²) in [5, 5.41) is 8.13. The van der Waals surface area contributed by atoms with Crippen molar-refractivity contribution in [1.29, 1.82) is 0 Å². The maximum atomic E-state index is 13.8. The summed E-state index contributed by atoms with van der Waals surface area (Å²) in [5.74, 6) is 0.791. The number of fused-ring (bicyclic) bond motifs is 1. The average molecular weight is 290 g/mol. The molecule has 0 saturated carbocycles. The van der Waals surface area contributed by atoms with Gasteiger partial charge in [-0.15, -0.1) is 5.10 Å². The minimum absolute atomic E-state index is 0.114. The first-order chi connectivity index (χ1) is 10.2. The Morgan fingerprint density at radius 3 is 2.90 bits per heavy atom. The van der Waals surface area contributed by atoms with Crippen LogP contribution in [0.4, 0.5) is 4.39 Å². The molecule has 3 rings (SSSR count). The van der Waals surface area contributed by atoms with E-state index in [9.17, 15) is 4.39 Å². The van der Waals surface area contributed by atoms with Crippen LogP contribution in [0.5, 0.6) is 6.01 Å². The van der Waals surface area contributed by atoms with E-state index in [2.05, 4.69) is 15.1 Å². The Kier molecular flexibility index (Phi) is 3.88. The fourth-order valence-electron chi connectivity index (χ4n) is 2.66. The van der Waals surface area contributed by atoms with Gasteiger partial charge in [0, 0.05) is 19.6 Å². The van der Waals surface area contributed by atoms with Crippen molar-refractivity contribution in [2.45, 2.75) is 26.4 Å². The number of methoxy groups -OCH3 is 1. The highest BCUT2D eigenvalue weighted by Crippen LogP contribution is 2.17. The Balaban J connectivity index is 1.62. The van der Waals surface area contributed by atoms with Crippen molar-refractivity contribution in [2.75, 3.05) is 20.2 Å². The molecule has 112 valence electrons. The molecule has 1 aliphatic rings. The zero-order valence-electron chi connectivity index (χ0n) is 12.3. The van der Waals surface area contributed by atoms with Gasteiger partial charge >= 0.3 is 6.01 Å². The standard InChI is InChI=1S/C15H19FN4O/c1-11-3-4-12(13(16)9-11)5-6-19-7-8-20-14(10-19)17-18-15(20)21-2/h3-4,9H,5-8,10H2,1-2H3. The molecular formula is C15H19FN4O. The predicted octanol–water partition coefficient (Wildman–Crippen LogP) is 1.79. The van der Waals surface area contributed by atoms with E-state index in [1.165, 1.54) is 0 Å². The Morgan fingerprint density at radius 2 is 2.14 bits per heavy atom. The zero-order valence-corrected chi connectivity index (χ0v) is 12.3. The molecule has 0 radical (unpaired) electrons. The zero-order chi connectivity index (χ0) is 14.8. The lowest BCUT2D eigenvalue weighted by atomic mass is 10.1. The minimum atomic E-state index is -0.114. The highest BCUT2D eigenvalue weighted by atomic mass is 19.1. The first kappa shape index (κ1) is 14.0. The molecule has 0 saturated heterocycles.